The lowest BCUT2D eigenvalue weighted by atomic mass is 9.99. The Labute approximate surface area is 88.4 Å². The van der Waals surface area contributed by atoms with Gasteiger partial charge in [-0.25, -0.2) is 0 Å². The third-order valence-electron chi connectivity index (χ3n) is 3.23. The fourth-order valence-electron chi connectivity index (χ4n) is 2.37. The van der Waals surface area contributed by atoms with E-state index in [1.807, 2.05) is 0 Å². The fraction of sp³-hybridized carbons (Fsp3) is 1.00. The second kappa shape index (κ2) is 5.13. The summed E-state index contributed by atoms with van der Waals surface area (Å²) in [6.07, 6.45) is 6.60. The van der Waals surface area contributed by atoms with Crippen LogP contribution in [0.1, 0.15) is 52.9 Å². The summed E-state index contributed by atoms with van der Waals surface area (Å²) in [7, 11) is 1.79. The van der Waals surface area contributed by atoms with E-state index in [9.17, 15) is 0 Å². The monoisotopic (exact) mass is 199 g/mol. The number of rotatable bonds is 5. The summed E-state index contributed by atoms with van der Waals surface area (Å²) in [5, 5.41) is 3.69. The minimum atomic E-state index is 0.00498. The Morgan fingerprint density at radius 2 is 1.93 bits per heavy atom. The molecule has 0 radical (unpaired) electrons. The molecule has 0 heterocycles. The Hall–Kier alpha value is -0.0800. The average Bonchev–Trinajstić information content (AvgIpc) is 2.55. The molecule has 1 saturated carbocycles. The SMILES string of the molecule is COC(C)(C)CC(C)NC1CCCC1. The van der Waals surface area contributed by atoms with Crippen molar-refractivity contribution in [1.29, 1.82) is 0 Å². The molecule has 84 valence electrons. The lowest BCUT2D eigenvalue weighted by Gasteiger charge is -2.28. The van der Waals surface area contributed by atoms with Crippen molar-refractivity contribution < 1.29 is 4.74 Å². The molecule has 2 heteroatoms. The number of hydrogen-bond acceptors (Lipinski definition) is 2. The van der Waals surface area contributed by atoms with Crippen LogP contribution in [0.25, 0.3) is 0 Å². The van der Waals surface area contributed by atoms with Gasteiger partial charge < -0.3 is 10.1 Å². The van der Waals surface area contributed by atoms with Gasteiger partial charge in [0.05, 0.1) is 5.60 Å². The van der Waals surface area contributed by atoms with Crippen LogP contribution in [0.3, 0.4) is 0 Å². The van der Waals surface area contributed by atoms with Crippen molar-refractivity contribution in [1.82, 2.24) is 5.32 Å². The number of nitrogens with one attached hydrogen (secondary N) is 1. The second-order valence-corrected chi connectivity index (χ2v) is 5.22. The van der Waals surface area contributed by atoms with E-state index < -0.39 is 0 Å². The highest BCUT2D eigenvalue weighted by molar-refractivity contribution is 4.81. The van der Waals surface area contributed by atoms with Gasteiger partial charge >= 0.3 is 0 Å². The number of ether oxygens (including phenoxy) is 1. The van der Waals surface area contributed by atoms with Crippen LogP contribution >= 0.6 is 0 Å². The Bertz CT molecular complexity index is 162. The van der Waals surface area contributed by atoms with E-state index in [1.165, 1.54) is 25.7 Å². The quantitative estimate of drug-likeness (QED) is 0.735. The summed E-state index contributed by atoms with van der Waals surface area (Å²) in [5.74, 6) is 0. The highest BCUT2D eigenvalue weighted by Gasteiger charge is 2.23. The summed E-state index contributed by atoms with van der Waals surface area (Å²) in [6.45, 7) is 6.57. The largest absolute Gasteiger partial charge is 0.379 e. The molecule has 1 aliphatic carbocycles. The minimum absolute atomic E-state index is 0.00498. The maximum Gasteiger partial charge on any atom is 0.0637 e. The zero-order chi connectivity index (χ0) is 10.6. The van der Waals surface area contributed by atoms with Gasteiger partial charge in [-0.05, 0) is 40.0 Å². The van der Waals surface area contributed by atoms with Gasteiger partial charge in [-0.3, -0.25) is 0 Å². The fourth-order valence-corrected chi connectivity index (χ4v) is 2.37. The van der Waals surface area contributed by atoms with Crippen LogP contribution in [0.2, 0.25) is 0 Å². The molecule has 1 aliphatic rings. The molecule has 1 atom stereocenters. The van der Waals surface area contributed by atoms with E-state index in [-0.39, 0.29) is 5.60 Å². The van der Waals surface area contributed by atoms with Gasteiger partial charge in [-0.15, -0.1) is 0 Å². The van der Waals surface area contributed by atoms with Crippen LogP contribution in [0.4, 0.5) is 0 Å². The molecule has 1 N–H and O–H groups in total. The van der Waals surface area contributed by atoms with Crippen molar-refractivity contribution in [3.63, 3.8) is 0 Å². The first kappa shape index (κ1) is 12.0. The smallest absolute Gasteiger partial charge is 0.0637 e. The minimum Gasteiger partial charge on any atom is -0.379 e. The normalized spacial score (nSPS) is 21.4. The molecular formula is C12H25NO. The van der Waals surface area contributed by atoms with Crippen molar-refractivity contribution >= 4 is 0 Å². The van der Waals surface area contributed by atoms with E-state index in [1.54, 1.807) is 7.11 Å². The first-order valence-corrected chi connectivity index (χ1v) is 5.85. The average molecular weight is 199 g/mol. The lowest BCUT2D eigenvalue weighted by molar-refractivity contribution is 0.00775. The standard InChI is InChI=1S/C12H25NO/c1-10(9-12(2,3)14-4)13-11-7-5-6-8-11/h10-11,13H,5-9H2,1-4H3. The van der Waals surface area contributed by atoms with Gasteiger partial charge in [0.2, 0.25) is 0 Å². The molecule has 0 spiro atoms. The summed E-state index contributed by atoms with van der Waals surface area (Å²) in [4.78, 5) is 0. The van der Waals surface area contributed by atoms with E-state index in [0.29, 0.717) is 6.04 Å². The van der Waals surface area contributed by atoms with Crippen LogP contribution < -0.4 is 5.32 Å². The Morgan fingerprint density at radius 3 is 2.43 bits per heavy atom. The Kier molecular flexibility index (Phi) is 4.39. The number of hydrogen-bond donors (Lipinski definition) is 1. The molecule has 0 amide bonds. The highest BCUT2D eigenvalue weighted by atomic mass is 16.5. The predicted molar refractivity (Wildman–Crippen MR) is 60.6 cm³/mol. The van der Waals surface area contributed by atoms with Crippen LogP contribution in [0.5, 0.6) is 0 Å². The zero-order valence-electron chi connectivity index (χ0n) is 10.1. The first-order chi connectivity index (χ1) is 6.53. The van der Waals surface area contributed by atoms with Gasteiger partial charge in [-0.1, -0.05) is 12.8 Å². The van der Waals surface area contributed by atoms with Crippen LogP contribution in [-0.4, -0.2) is 24.8 Å². The summed E-state index contributed by atoms with van der Waals surface area (Å²) < 4.78 is 5.43. The van der Waals surface area contributed by atoms with E-state index in [0.717, 1.165) is 12.5 Å². The van der Waals surface area contributed by atoms with Crippen molar-refractivity contribution in [2.75, 3.05) is 7.11 Å². The molecular weight excluding hydrogens is 174 g/mol. The predicted octanol–water partition coefficient (Wildman–Crippen LogP) is 2.72. The molecule has 1 unspecified atom stereocenters. The Morgan fingerprint density at radius 1 is 1.36 bits per heavy atom. The molecule has 0 aliphatic heterocycles. The van der Waals surface area contributed by atoms with Crippen molar-refractivity contribution in [2.24, 2.45) is 0 Å². The molecule has 0 aromatic heterocycles. The first-order valence-electron chi connectivity index (χ1n) is 5.85. The molecule has 0 aromatic carbocycles. The molecule has 0 saturated heterocycles. The third kappa shape index (κ3) is 3.97. The Balaban J connectivity index is 2.23. The second-order valence-electron chi connectivity index (χ2n) is 5.22. The molecule has 1 rings (SSSR count). The van der Waals surface area contributed by atoms with Gasteiger partial charge in [0.15, 0.2) is 0 Å². The lowest BCUT2D eigenvalue weighted by Crippen LogP contribution is -2.40. The van der Waals surface area contributed by atoms with E-state index in [2.05, 4.69) is 26.1 Å². The number of methoxy groups -OCH3 is 1. The maximum atomic E-state index is 5.43. The van der Waals surface area contributed by atoms with Gasteiger partial charge in [0.1, 0.15) is 0 Å². The van der Waals surface area contributed by atoms with Crippen molar-refractivity contribution in [2.45, 2.75) is 70.6 Å². The molecule has 0 aromatic rings. The molecule has 0 bridgehead atoms. The molecule has 14 heavy (non-hydrogen) atoms. The van der Waals surface area contributed by atoms with Crippen LogP contribution in [-0.2, 0) is 4.74 Å². The van der Waals surface area contributed by atoms with Crippen LogP contribution in [0.15, 0.2) is 0 Å². The third-order valence-corrected chi connectivity index (χ3v) is 3.23. The molecule has 1 fully saturated rings. The van der Waals surface area contributed by atoms with Crippen molar-refractivity contribution in [3.8, 4) is 0 Å². The van der Waals surface area contributed by atoms with Crippen molar-refractivity contribution in [3.05, 3.63) is 0 Å². The maximum absolute atomic E-state index is 5.43. The van der Waals surface area contributed by atoms with Gasteiger partial charge in [0, 0.05) is 19.2 Å². The highest BCUT2D eigenvalue weighted by Crippen LogP contribution is 2.21. The van der Waals surface area contributed by atoms with Crippen LogP contribution in [0, 0.1) is 0 Å². The van der Waals surface area contributed by atoms with E-state index >= 15 is 0 Å². The zero-order valence-corrected chi connectivity index (χ0v) is 10.1. The summed E-state index contributed by atoms with van der Waals surface area (Å²) in [6, 6.07) is 1.32. The summed E-state index contributed by atoms with van der Waals surface area (Å²) in [5.41, 5.74) is 0.00498. The molecule has 2 nitrogen and oxygen atoms in total. The summed E-state index contributed by atoms with van der Waals surface area (Å²) >= 11 is 0. The van der Waals surface area contributed by atoms with Gasteiger partial charge in [-0.2, -0.15) is 0 Å². The topological polar surface area (TPSA) is 21.3 Å². The van der Waals surface area contributed by atoms with E-state index in [4.69, 9.17) is 4.74 Å². The van der Waals surface area contributed by atoms with Gasteiger partial charge in [0.25, 0.3) is 0 Å².